The van der Waals surface area contributed by atoms with E-state index in [2.05, 4.69) is 28.0 Å². The summed E-state index contributed by atoms with van der Waals surface area (Å²) in [5.41, 5.74) is 4.02. The smallest absolute Gasteiger partial charge is 0.259 e. The van der Waals surface area contributed by atoms with Crippen molar-refractivity contribution >= 4 is 40.1 Å². The summed E-state index contributed by atoms with van der Waals surface area (Å²) in [5, 5.41) is 9.06. The van der Waals surface area contributed by atoms with Crippen LogP contribution in [0.15, 0.2) is 42.7 Å². The van der Waals surface area contributed by atoms with E-state index < -0.39 is 11.9 Å². The molecular formula is C36H37N5O4. The molecule has 6 fully saturated rings. The maximum Gasteiger partial charge on any atom is 0.259 e. The highest BCUT2D eigenvalue weighted by atomic mass is 16.2. The van der Waals surface area contributed by atoms with Gasteiger partial charge in [-0.15, -0.1) is 0 Å². The van der Waals surface area contributed by atoms with Gasteiger partial charge in [-0.05, 0) is 103 Å². The Labute approximate surface area is 261 Å². The molecule has 7 atom stereocenters. The number of anilines is 1. The topological polar surface area (TPSA) is 105 Å². The van der Waals surface area contributed by atoms with Crippen LogP contribution in [0.5, 0.6) is 0 Å². The fourth-order valence-electron chi connectivity index (χ4n) is 10.8. The lowest BCUT2D eigenvalue weighted by Crippen LogP contribution is -2.53. The summed E-state index contributed by atoms with van der Waals surface area (Å²) in [4.78, 5) is 54.8. The van der Waals surface area contributed by atoms with Gasteiger partial charge in [-0.1, -0.05) is 18.2 Å². The minimum Gasteiger partial charge on any atom is -0.343 e. The quantitative estimate of drug-likeness (QED) is 0.429. The Morgan fingerprint density at radius 1 is 1.04 bits per heavy atom. The Morgan fingerprint density at radius 3 is 2.64 bits per heavy atom. The SMILES string of the molecule is CC1(n2cc(Cc3ccc4c5c(cccc35)C(=O)N4C3CCC(=O)NC3=O)cn2)CCN(C(=O)CC2C3C4C5CCC5C243)CC1. The molecular weight excluding hydrogens is 566 g/mol. The third-order valence-corrected chi connectivity index (χ3v) is 13.3. The third kappa shape index (κ3) is 3.31. The minimum absolute atomic E-state index is 0.134. The van der Waals surface area contributed by atoms with E-state index in [1.807, 2.05) is 36.5 Å². The highest BCUT2D eigenvalue weighted by molar-refractivity contribution is 6.27. The van der Waals surface area contributed by atoms with Gasteiger partial charge in [0.05, 0.1) is 17.4 Å². The third-order valence-electron chi connectivity index (χ3n) is 13.3. The van der Waals surface area contributed by atoms with Crippen LogP contribution < -0.4 is 10.2 Å². The molecule has 0 radical (unpaired) electrons. The second-order valence-electron chi connectivity index (χ2n) is 15.2. The van der Waals surface area contributed by atoms with Crippen LogP contribution >= 0.6 is 0 Å². The molecule has 230 valence electrons. The molecule has 9 heteroatoms. The van der Waals surface area contributed by atoms with E-state index in [0.717, 1.165) is 83.6 Å². The first kappa shape index (κ1) is 26.2. The van der Waals surface area contributed by atoms with E-state index >= 15 is 0 Å². The summed E-state index contributed by atoms with van der Waals surface area (Å²) < 4.78 is 2.10. The Balaban J connectivity index is 0.831. The molecule has 4 heterocycles. The Hall–Kier alpha value is -4.01. The first-order valence-corrected chi connectivity index (χ1v) is 16.8. The van der Waals surface area contributed by atoms with Crippen LogP contribution in [0, 0.1) is 35.0 Å². The average Bonchev–Trinajstić information content (AvgIpc) is 3.64. The van der Waals surface area contributed by atoms with Gasteiger partial charge in [0.25, 0.3) is 5.91 Å². The molecule has 2 aromatic carbocycles. The Kier molecular flexibility index (Phi) is 5.02. The number of fused-ring (bicyclic) bond motifs is 3. The van der Waals surface area contributed by atoms with Gasteiger partial charge in [-0.25, -0.2) is 0 Å². The minimum atomic E-state index is -0.693. The number of imide groups is 1. The molecule has 1 N–H and O–H groups in total. The number of aromatic nitrogens is 2. The number of nitrogens with one attached hydrogen (secondary N) is 1. The molecule has 7 aliphatic rings. The first-order valence-electron chi connectivity index (χ1n) is 16.8. The zero-order valence-corrected chi connectivity index (χ0v) is 25.5. The molecule has 10 rings (SSSR count). The van der Waals surface area contributed by atoms with Crippen molar-refractivity contribution in [2.45, 2.75) is 69.9 Å². The molecule has 1 spiro atoms. The molecule has 4 aliphatic carbocycles. The van der Waals surface area contributed by atoms with Gasteiger partial charge in [0, 0.05) is 49.5 Å². The van der Waals surface area contributed by atoms with E-state index in [1.165, 1.54) is 12.8 Å². The van der Waals surface area contributed by atoms with Gasteiger partial charge in [-0.2, -0.15) is 5.10 Å². The van der Waals surface area contributed by atoms with Gasteiger partial charge in [0.15, 0.2) is 0 Å². The van der Waals surface area contributed by atoms with Gasteiger partial charge < -0.3 is 4.90 Å². The predicted octanol–water partition coefficient (Wildman–Crippen LogP) is 4.02. The van der Waals surface area contributed by atoms with Crippen LogP contribution in [0.4, 0.5) is 5.69 Å². The highest BCUT2D eigenvalue weighted by Crippen LogP contribution is 3.01. The molecule has 3 aliphatic heterocycles. The van der Waals surface area contributed by atoms with E-state index in [-0.39, 0.29) is 23.8 Å². The number of hydrogen-bond donors (Lipinski definition) is 1. The predicted molar refractivity (Wildman–Crippen MR) is 165 cm³/mol. The zero-order valence-electron chi connectivity index (χ0n) is 25.5. The second kappa shape index (κ2) is 8.62. The van der Waals surface area contributed by atoms with Crippen molar-refractivity contribution in [2.75, 3.05) is 18.0 Å². The molecule has 0 bridgehead atoms. The number of carbonyl (C=O) groups is 4. The molecule has 4 amide bonds. The number of hydrogen-bond acceptors (Lipinski definition) is 5. The number of benzene rings is 2. The standard InChI is InChI=1S/C36H37N5O4/c1-35(11-13-39(14-12-35)29(43)16-25-32-31-22-6-7-24(22)36(25,31)32)40-18-19(17-37-40)15-20-5-8-26-30-21(20)3-2-4-23(30)34(45)41(26)27-9-10-28(42)38-33(27)44/h2-5,8,17-18,22,24-25,27,31-32H,6-7,9-16H2,1H3,(H,38,42,44). The van der Waals surface area contributed by atoms with Crippen LogP contribution in [0.3, 0.4) is 0 Å². The summed E-state index contributed by atoms with van der Waals surface area (Å²) >= 11 is 0. The van der Waals surface area contributed by atoms with Gasteiger partial charge in [0.2, 0.25) is 17.7 Å². The summed E-state index contributed by atoms with van der Waals surface area (Å²) in [6, 6.07) is 9.05. The van der Waals surface area contributed by atoms with Crippen LogP contribution in [0.1, 0.15) is 73.4 Å². The Morgan fingerprint density at radius 2 is 1.89 bits per heavy atom. The number of nitrogens with zero attached hydrogens (tertiary/aromatic N) is 4. The average molecular weight is 604 g/mol. The normalized spacial score (nSPS) is 34.8. The second-order valence-corrected chi connectivity index (χ2v) is 15.2. The van der Waals surface area contributed by atoms with Crippen LogP contribution in [-0.2, 0) is 26.3 Å². The van der Waals surface area contributed by atoms with Crippen molar-refractivity contribution in [3.05, 3.63) is 59.4 Å². The van der Waals surface area contributed by atoms with Crippen LogP contribution in [0.25, 0.3) is 10.8 Å². The number of rotatable bonds is 6. The fourth-order valence-corrected chi connectivity index (χ4v) is 10.8. The van der Waals surface area contributed by atoms with Crippen LogP contribution in [0.2, 0.25) is 0 Å². The number of carbonyl (C=O) groups excluding carboxylic acids is 4. The van der Waals surface area contributed by atoms with Gasteiger partial charge >= 0.3 is 0 Å². The van der Waals surface area contributed by atoms with Crippen molar-refractivity contribution in [2.24, 2.45) is 35.0 Å². The highest BCUT2D eigenvalue weighted by Gasteiger charge is 2.97. The molecule has 2 saturated heterocycles. The molecule has 7 unspecified atom stereocenters. The lowest BCUT2D eigenvalue weighted by molar-refractivity contribution is -0.136. The molecule has 45 heavy (non-hydrogen) atoms. The zero-order chi connectivity index (χ0) is 30.4. The maximum atomic E-state index is 13.5. The monoisotopic (exact) mass is 603 g/mol. The molecule has 1 aromatic heterocycles. The van der Waals surface area contributed by atoms with Gasteiger partial charge in [-0.3, -0.25) is 34.1 Å². The molecule has 9 nitrogen and oxygen atoms in total. The summed E-state index contributed by atoms with van der Waals surface area (Å²) in [6.45, 7) is 3.83. The summed E-state index contributed by atoms with van der Waals surface area (Å²) in [5.74, 6) is 4.08. The lowest BCUT2D eigenvalue weighted by atomic mass is 9.51. The first-order chi connectivity index (χ1) is 21.8. The lowest BCUT2D eigenvalue weighted by Gasteiger charge is -2.54. The summed E-state index contributed by atoms with van der Waals surface area (Å²) in [7, 11) is 0. The Bertz CT molecular complexity index is 1870. The number of amides is 4. The fraction of sp³-hybridized carbons (Fsp3) is 0.528. The molecule has 4 saturated carbocycles. The van der Waals surface area contributed by atoms with E-state index in [1.54, 1.807) is 4.90 Å². The number of piperidine rings is 2. The number of likely N-dealkylation sites (tertiary alicyclic amines) is 1. The summed E-state index contributed by atoms with van der Waals surface area (Å²) in [6.07, 6.45) is 10.7. The van der Waals surface area contributed by atoms with Crippen molar-refractivity contribution in [3.63, 3.8) is 0 Å². The van der Waals surface area contributed by atoms with E-state index in [9.17, 15) is 19.2 Å². The van der Waals surface area contributed by atoms with Crippen molar-refractivity contribution < 1.29 is 19.2 Å². The van der Waals surface area contributed by atoms with E-state index in [0.29, 0.717) is 35.6 Å². The van der Waals surface area contributed by atoms with Crippen molar-refractivity contribution in [1.82, 2.24) is 20.0 Å². The van der Waals surface area contributed by atoms with Crippen molar-refractivity contribution in [1.29, 1.82) is 0 Å². The van der Waals surface area contributed by atoms with Crippen LogP contribution in [-0.4, -0.2) is 57.4 Å². The van der Waals surface area contributed by atoms with Crippen molar-refractivity contribution in [3.8, 4) is 0 Å². The molecule has 3 aromatic rings. The maximum absolute atomic E-state index is 13.5. The van der Waals surface area contributed by atoms with Gasteiger partial charge in [0.1, 0.15) is 6.04 Å². The largest absolute Gasteiger partial charge is 0.343 e. The van der Waals surface area contributed by atoms with E-state index in [4.69, 9.17) is 5.10 Å².